The monoisotopic (exact) mass is 276 g/mol. The van der Waals surface area contributed by atoms with Crippen LogP contribution in [-0.4, -0.2) is 18.0 Å². The van der Waals surface area contributed by atoms with Crippen LogP contribution in [0.2, 0.25) is 0 Å². The fourth-order valence-corrected chi connectivity index (χ4v) is 3.15. The van der Waals surface area contributed by atoms with Gasteiger partial charge in [-0.1, -0.05) is 13.3 Å². The summed E-state index contributed by atoms with van der Waals surface area (Å²) >= 11 is 0. The van der Waals surface area contributed by atoms with Gasteiger partial charge in [0.15, 0.2) is 5.03 Å². The highest BCUT2D eigenvalue weighted by Crippen LogP contribution is 2.33. The SMILES string of the molecule is CCC1CCC(n2cnc(S(=O)(=O)Cl)c2)CC1. The van der Waals surface area contributed by atoms with Gasteiger partial charge >= 0.3 is 0 Å². The molecular formula is C11H17ClN2O2S. The van der Waals surface area contributed by atoms with Crippen molar-refractivity contribution in [2.24, 2.45) is 5.92 Å². The highest BCUT2D eigenvalue weighted by atomic mass is 35.7. The Kier molecular flexibility index (Phi) is 3.78. The summed E-state index contributed by atoms with van der Waals surface area (Å²) in [7, 11) is 1.56. The third-order valence-electron chi connectivity index (χ3n) is 3.64. The smallest absolute Gasteiger partial charge is 0.280 e. The van der Waals surface area contributed by atoms with Crippen LogP contribution in [0.3, 0.4) is 0 Å². The van der Waals surface area contributed by atoms with Crippen LogP contribution >= 0.6 is 10.7 Å². The Morgan fingerprint density at radius 1 is 1.41 bits per heavy atom. The van der Waals surface area contributed by atoms with Crippen LogP contribution in [0, 0.1) is 5.92 Å². The molecule has 6 heteroatoms. The summed E-state index contributed by atoms with van der Waals surface area (Å²) in [5.41, 5.74) is 0. The van der Waals surface area contributed by atoms with Crippen LogP contribution in [-0.2, 0) is 9.05 Å². The number of rotatable bonds is 3. The van der Waals surface area contributed by atoms with Gasteiger partial charge in [-0.3, -0.25) is 0 Å². The Morgan fingerprint density at radius 2 is 2.06 bits per heavy atom. The maximum absolute atomic E-state index is 11.1. The molecule has 0 radical (unpaired) electrons. The normalized spacial score (nSPS) is 26.0. The Labute approximate surface area is 106 Å². The molecule has 0 saturated heterocycles. The average molecular weight is 277 g/mol. The maximum Gasteiger partial charge on any atom is 0.280 e. The lowest BCUT2D eigenvalue weighted by Gasteiger charge is -2.28. The Hall–Kier alpha value is -0.550. The molecular weight excluding hydrogens is 260 g/mol. The topological polar surface area (TPSA) is 52.0 Å². The van der Waals surface area contributed by atoms with Gasteiger partial charge < -0.3 is 4.57 Å². The molecule has 96 valence electrons. The molecule has 0 aromatic carbocycles. The Balaban J connectivity index is 2.07. The first-order valence-electron chi connectivity index (χ1n) is 5.99. The van der Waals surface area contributed by atoms with Gasteiger partial charge in [0, 0.05) is 22.9 Å². The molecule has 1 aliphatic carbocycles. The first-order valence-corrected chi connectivity index (χ1v) is 8.29. The second-order valence-corrected chi connectivity index (χ2v) is 7.19. The fourth-order valence-electron chi connectivity index (χ4n) is 2.49. The van der Waals surface area contributed by atoms with E-state index in [0.717, 1.165) is 18.8 Å². The van der Waals surface area contributed by atoms with Crippen molar-refractivity contribution in [3.63, 3.8) is 0 Å². The molecule has 0 unspecified atom stereocenters. The van der Waals surface area contributed by atoms with Gasteiger partial charge in [0.25, 0.3) is 9.05 Å². The van der Waals surface area contributed by atoms with E-state index in [1.165, 1.54) is 19.3 Å². The molecule has 17 heavy (non-hydrogen) atoms. The van der Waals surface area contributed by atoms with E-state index in [-0.39, 0.29) is 5.03 Å². The van der Waals surface area contributed by atoms with Gasteiger partial charge in [0.05, 0.1) is 6.33 Å². The van der Waals surface area contributed by atoms with Crippen molar-refractivity contribution in [1.82, 2.24) is 9.55 Å². The summed E-state index contributed by atoms with van der Waals surface area (Å²) in [6.45, 7) is 2.22. The molecule has 4 nitrogen and oxygen atoms in total. The highest BCUT2D eigenvalue weighted by Gasteiger charge is 2.22. The summed E-state index contributed by atoms with van der Waals surface area (Å²) in [4.78, 5) is 3.84. The second kappa shape index (κ2) is 4.98. The molecule has 2 rings (SSSR count). The Bertz CT molecular complexity index is 475. The van der Waals surface area contributed by atoms with Crippen molar-refractivity contribution >= 4 is 19.7 Å². The zero-order valence-electron chi connectivity index (χ0n) is 9.84. The number of hydrogen-bond acceptors (Lipinski definition) is 3. The predicted octanol–water partition coefficient (Wildman–Crippen LogP) is 2.95. The maximum atomic E-state index is 11.1. The van der Waals surface area contributed by atoms with Crippen LogP contribution in [0.5, 0.6) is 0 Å². The van der Waals surface area contributed by atoms with Crippen molar-refractivity contribution in [1.29, 1.82) is 0 Å². The minimum absolute atomic E-state index is 0.0446. The quantitative estimate of drug-likeness (QED) is 0.798. The number of hydrogen-bond donors (Lipinski definition) is 0. The lowest BCUT2D eigenvalue weighted by Crippen LogP contribution is -2.16. The summed E-state index contributed by atoms with van der Waals surface area (Å²) in [5, 5.41) is -0.0446. The zero-order chi connectivity index (χ0) is 12.5. The van der Waals surface area contributed by atoms with Crippen molar-refractivity contribution in [2.45, 2.75) is 50.1 Å². The molecule has 1 aromatic heterocycles. The molecule has 1 aliphatic rings. The van der Waals surface area contributed by atoms with Crippen molar-refractivity contribution in [3.8, 4) is 0 Å². The molecule has 0 spiro atoms. The third kappa shape index (κ3) is 3.01. The Morgan fingerprint density at radius 3 is 2.53 bits per heavy atom. The fraction of sp³-hybridized carbons (Fsp3) is 0.727. The van der Waals surface area contributed by atoms with Crippen LogP contribution < -0.4 is 0 Å². The van der Waals surface area contributed by atoms with Crippen LogP contribution in [0.15, 0.2) is 17.6 Å². The van der Waals surface area contributed by atoms with E-state index in [0.29, 0.717) is 6.04 Å². The van der Waals surface area contributed by atoms with Crippen LogP contribution in [0.4, 0.5) is 0 Å². The third-order valence-corrected chi connectivity index (χ3v) is 4.83. The second-order valence-electron chi connectivity index (χ2n) is 4.68. The standard InChI is InChI=1S/C11H17ClN2O2S/c1-2-9-3-5-10(6-4-9)14-7-11(13-8-14)17(12,15)16/h7-10H,2-6H2,1H3. The van der Waals surface area contributed by atoms with Gasteiger partial charge in [0.2, 0.25) is 0 Å². The van der Waals surface area contributed by atoms with Crippen molar-refractivity contribution in [3.05, 3.63) is 12.5 Å². The summed E-state index contributed by atoms with van der Waals surface area (Å²) in [6.07, 6.45) is 8.96. The first-order chi connectivity index (χ1) is 8.00. The molecule has 1 saturated carbocycles. The largest absolute Gasteiger partial charge is 0.333 e. The first kappa shape index (κ1) is 12.9. The van der Waals surface area contributed by atoms with Crippen LogP contribution in [0.25, 0.3) is 0 Å². The van der Waals surface area contributed by atoms with Crippen LogP contribution in [0.1, 0.15) is 45.1 Å². The van der Waals surface area contributed by atoms with E-state index >= 15 is 0 Å². The number of imidazole rings is 1. The van der Waals surface area contributed by atoms with E-state index in [1.807, 2.05) is 4.57 Å². The molecule has 1 fully saturated rings. The summed E-state index contributed by atoms with van der Waals surface area (Å²) < 4.78 is 24.1. The van der Waals surface area contributed by atoms with Gasteiger partial charge in [0.1, 0.15) is 0 Å². The molecule has 0 atom stereocenters. The van der Waals surface area contributed by atoms with E-state index in [9.17, 15) is 8.42 Å². The van der Waals surface area contributed by atoms with E-state index in [4.69, 9.17) is 10.7 Å². The number of nitrogens with zero attached hydrogens (tertiary/aromatic N) is 2. The lowest BCUT2D eigenvalue weighted by molar-refractivity contribution is 0.269. The predicted molar refractivity (Wildman–Crippen MR) is 66.6 cm³/mol. The van der Waals surface area contributed by atoms with Gasteiger partial charge in [-0.2, -0.15) is 0 Å². The van der Waals surface area contributed by atoms with Crippen molar-refractivity contribution in [2.75, 3.05) is 0 Å². The minimum Gasteiger partial charge on any atom is -0.333 e. The van der Waals surface area contributed by atoms with Gasteiger partial charge in [-0.25, -0.2) is 13.4 Å². The number of halogens is 1. The van der Waals surface area contributed by atoms with Gasteiger partial charge in [-0.15, -0.1) is 0 Å². The number of aromatic nitrogens is 2. The molecule has 0 N–H and O–H groups in total. The van der Waals surface area contributed by atoms with Crippen molar-refractivity contribution < 1.29 is 8.42 Å². The molecule has 0 amide bonds. The molecule has 1 heterocycles. The molecule has 0 bridgehead atoms. The highest BCUT2D eigenvalue weighted by molar-refractivity contribution is 8.13. The molecule has 0 aliphatic heterocycles. The average Bonchev–Trinajstić information content (AvgIpc) is 2.78. The van der Waals surface area contributed by atoms with E-state index in [2.05, 4.69) is 11.9 Å². The molecule has 1 aromatic rings. The van der Waals surface area contributed by atoms with E-state index < -0.39 is 9.05 Å². The summed E-state index contributed by atoms with van der Waals surface area (Å²) in [6, 6.07) is 0.373. The zero-order valence-corrected chi connectivity index (χ0v) is 11.4. The van der Waals surface area contributed by atoms with E-state index in [1.54, 1.807) is 12.5 Å². The lowest BCUT2D eigenvalue weighted by atomic mass is 9.84. The van der Waals surface area contributed by atoms with Gasteiger partial charge in [-0.05, 0) is 31.6 Å². The summed E-state index contributed by atoms with van der Waals surface area (Å²) in [5.74, 6) is 0.825. The minimum atomic E-state index is -3.70.